The van der Waals surface area contributed by atoms with Crippen molar-refractivity contribution in [2.24, 2.45) is 5.73 Å². The molecule has 0 aromatic rings. The summed E-state index contributed by atoms with van der Waals surface area (Å²) < 4.78 is 5.99. The molecule has 0 aliphatic heterocycles. The van der Waals surface area contributed by atoms with E-state index in [1.54, 1.807) is 6.92 Å². The van der Waals surface area contributed by atoms with Gasteiger partial charge >= 0.3 is 0 Å². The van der Waals surface area contributed by atoms with Gasteiger partial charge in [0.05, 0.1) is 11.6 Å². The Hall–Kier alpha value is -0.610. The molecule has 0 aromatic heterocycles. The Labute approximate surface area is 104 Å². The maximum absolute atomic E-state index is 11.5. The van der Waals surface area contributed by atoms with E-state index in [1.807, 2.05) is 0 Å². The maximum Gasteiger partial charge on any atom is 0.236 e. The molecule has 0 bridgehead atoms. The second-order valence-corrected chi connectivity index (χ2v) is 5.10. The number of carbonyl (C=O) groups is 1. The van der Waals surface area contributed by atoms with Crippen molar-refractivity contribution >= 4 is 5.91 Å². The maximum atomic E-state index is 11.5. The molecule has 4 nitrogen and oxygen atoms in total. The van der Waals surface area contributed by atoms with Crippen LogP contribution in [-0.2, 0) is 9.53 Å². The zero-order valence-corrected chi connectivity index (χ0v) is 11.1. The molecule has 1 aliphatic carbocycles. The first kappa shape index (κ1) is 14.5. The molecular weight excluding hydrogens is 216 g/mol. The van der Waals surface area contributed by atoms with Gasteiger partial charge in [0.1, 0.15) is 0 Å². The number of ether oxygens (including phenoxy) is 1. The monoisotopic (exact) mass is 242 g/mol. The van der Waals surface area contributed by atoms with Gasteiger partial charge in [0.15, 0.2) is 0 Å². The number of rotatable bonds is 6. The van der Waals surface area contributed by atoms with Crippen LogP contribution >= 0.6 is 0 Å². The quantitative estimate of drug-likeness (QED) is 0.743. The van der Waals surface area contributed by atoms with Gasteiger partial charge in [-0.2, -0.15) is 0 Å². The van der Waals surface area contributed by atoms with E-state index < -0.39 is 6.04 Å². The molecule has 0 spiro atoms. The molecule has 1 saturated carbocycles. The summed E-state index contributed by atoms with van der Waals surface area (Å²) in [7, 11) is 0. The Bertz CT molecular complexity index is 236. The largest absolute Gasteiger partial charge is 0.373 e. The second-order valence-electron chi connectivity index (χ2n) is 5.10. The van der Waals surface area contributed by atoms with Gasteiger partial charge in [0.25, 0.3) is 0 Å². The first-order chi connectivity index (χ1) is 8.09. The van der Waals surface area contributed by atoms with Gasteiger partial charge in [0, 0.05) is 13.2 Å². The number of hydrogen-bond donors (Lipinski definition) is 2. The van der Waals surface area contributed by atoms with Crippen molar-refractivity contribution < 1.29 is 9.53 Å². The third-order valence-corrected chi connectivity index (χ3v) is 3.38. The van der Waals surface area contributed by atoms with Gasteiger partial charge in [-0.05, 0) is 26.2 Å². The summed E-state index contributed by atoms with van der Waals surface area (Å²) in [5, 5.41) is 2.91. The lowest BCUT2D eigenvalue weighted by Gasteiger charge is -2.37. The van der Waals surface area contributed by atoms with Crippen molar-refractivity contribution in [3.05, 3.63) is 0 Å². The zero-order chi connectivity index (χ0) is 12.7. The number of nitrogens with one attached hydrogen (secondary N) is 1. The van der Waals surface area contributed by atoms with Crippen LogP contribution in [0.5, 0.6) is 0 Å². The van der Waals surface area contributed by atoms with E-state index >= 15 is 0 Å². The van der Waals surface area contributed by atoms with Crippen LogP contribution in [0.15, 0.2) is 0 Å². The average Bonchev–Trinajstić information content (AvgIpc) is 2.34. The summed E-state index contributed by atoms with van der Waals surface area (Å²) in [6, 6.07) is -0.443. The first-order valence-electron chi connectivity index (χ1n) is 6.77. The third-order valence-electron chi connectivity index (χ3n) is 3.38. The fourth-order valence-electron chi connectivity index (χ4n) is 2.30. The van der Waals surface area contributed by atoms with Crippen LogP contribution in [0.2, 0.25) is 0 Å². The lowest BCUT2D eigenvalue weighted by Crippen LogP contribution is -2.49. The highest BCUT2D eigenvalue weighted by Crippen LogP contribution is 2.31. The minimum absolute atomic E-state index is 0.0879. The summed E-state index contributed by atoms with van der Waals surface area (Å²) in [5.41, 5.74) is 5.40. The lowest BCUT2D eigenvalue weighted by atomic mass is 9.84. The molecule has 1 fully saturated rings. The van der Waals surface area contributed by atoms with Crippen LogP contribution in [0.4, 0.5) is 0 Å². The molecule has 4 heteroatoms. The highest BCUT2D eigenvalue weighted by atomic mass is 16.5. The van der Waals surface area contributed by atoms with E-state index in [1.165, 1.54) is 19.3 Å². The standard InChI is InChI=1S/C13H26N2O2/c1-3-9-17-13(7-5-4-6-8-13)10-15-12(16)11(2)14/h11H,3-10,14H2,1-2H3,(H,15,16)/t11-/m1/s1. The molecule has 17 heavy (non-hydrogen) atoms. The molecule has 1 rings (SSSR count). The molecule has 0 aromatic carbocycles. The molecule has 100 valence electrons. The number of hydrogen-bond acceptors (Lipinski definition) is 3. The molecule has 1 amide bonds. The molecular formula is C13H26N2O2. The van der Waals surface area contributed by atoms with Crippen molar-refractivity contribution in [3.8, 4) is 0 Å². The normalized spacial score (nSPS) is 20.9. The minimum Gasteiger partial charge on any atom is -0.373 e. The predicted octanol–water partition coefficient (Wildman–Crippen LogP) is 1.58. The Balaban J connectivity index is 2.48. The zero-order valence-electron chi connectivity index (χ0n) is 11.1. The van der Waals surface area contributed by atoms with Gasteiger partial charge in [0.2, 0.25) is 5.91 Å². The van der Waals surface area contributed by atoms with Gasteiger partial charge in [-0.15, -0.1) is 0 Å². The number of carbonyl (C=O) groups excluding carboxylic acids is 1. The van der Waals surface area contributed by atoms with E-state index in [0.29, 0.717) is 6.54 Å². The van der Waals surface area contributed by atoms with Crippen molar-refractivity contribution in [2.45, 2.75) is 64.0 Å². The number of nitrogens with two attached hydrogens (primary N) is 1. The van der Waals surface area contributed by atoms with E-state index in [0.717, 1.165) is 25.9 Å². The van der Waals surface area contributed by atoms with Crippen molar-refractivity contribution in [3.63, 3.8) is 0 Å². The molecule has 0 heterocycles. The molecule has 1 atom stereocenters. The van der Waals surface area contributed by atoms with E-state index in [-0.39, 0.29) is 11.5 Å². The predicted molar refractivity (Wildman–Crippen MR) is 68.7 cm³/mol. The van der Waals surface area contributed by atoms with E-state index in [4.69, 9.17) is 10.5 Å². The molecule has 0 saturated heterocycles. The van der Waals surface area contributed by atoms with Gasteiger partial charge < -0.3 is 15.8 Å². The molecule has 0 unspecified atom stereocenters. The highest BCUT2D eigenvalue weighted by Gasteiger charge is 2.33. The van der Waals surface area contributed by atoms with E-state index in [9.17, 15) is 4.79 Å². The number of amides is 1. The smallest absolute Gasteiger partial charge is 0.236 e. The van der Waals surface area contributed by atoms with Crippen LogP contribution in [0.1, 0.15) is 52.4 Å². The van der Waals surface area contributed by atoms with Crippen LogP contribution in [0, 0.1) is 0 Å². The summed E-state index contributed by atoms with van der Waals surface area (Å²) >= 11 is 0. The van der Waals surface area contributed by atoms with Crippen LogP contribution in [0.3, 0.4) is 0 Å². The molecule has 3 N–H and O–H groups in total. The topological polar surface area (TPSA) is 64.3 Å². The summed E-state index contributed by atoms with van der Waals surface area (Å²) in [5.74, 6) is -0.0879. The highest BCUT2D eigenvalue weighted by molar-refractivity contribution is 5.81. The average molecular weight is 242 g/mol. The minimum atomic E-state index is -0.443. The van der Waals surface area contributed by atoms with Crippen LogP contribution in [0.25, 0.3) is 0 Å². The summed E-state index contributed by atoms with van der Waals surface area (Å²) in [4.78, 5) is 11.5. The Morgan fingerprint density at radius 2 is 2.06 bits per heavy atom. The Kier molecular flexibility index (Phi) is 5.92. The van der Waals surface area contributed by atoms with Crippen LogP contribution in [-0.4, -0.2) is 30.7 Å². The van der Waals surface area contributed by atoms with Crippen molar-refractivity contribution in [2.75, 3.05) is 13.2 Å². The molecule has 1 aliphatic rings. The first-order valence-corrected chi connectivity index (χ1v) is 6.77. The van der Waals surface area contributed by atoms with Crippen molar-refractivity contribution in [1.82, 2.24) is 5.32 Å². The lowest BCUT2D eigenvalue weighted by molar-refractivity contribution is -0.125. The Morgan fingerprint density at radius 1 is 1.41 bits per heavy atom. The molecule has 0 radical (unpaired) electrons. The van der Waals surface area contributed by atoms with Gasteiger partial charge in [-0.25, -0.2) is 0 Å². The second kappa shape index (κ2) is 6.97. The summed E-state index contributed by atoms with van der Waals surface area (Å²) in [6.45, 7) is 5.19. The fraction of sp³-hybridized carbons (Fsp3) is 0.923. The van der Waals surface area contributed by atoms with E-state index in [2.05, 4.69) is 12.2 Å². The van der Waals surface area contributed by atoms with Gasteiger partial charge in [-0.3, -0.25) is 4.79 Å². The SMILES string of the molecule is CCCOC1(CNC(=O)[C@@H](C)N)CCCCC1. The summed E-state index contributed by atoms with van der Waals surface area (Å²) in [6.07, 6.45) is 6.77. The third kappa shape index (κ3) is 4.64. The van der Waals surface area contributed by atoms with Crippen LogP contribution < -0.4 is 11.1 Å². The Morgan fingerprint density at radius 3 is 2.59 bits per heavy atom. The van der Waals surface area contributed by atoms with Crippen molar-refractivity contribution in [1.29, 1.82) is 0 Å². The van der Waals surface area contributed by atoms with Gasteiger partial charge in [-0.1, -0.05) is 26.2 Å². The fourth-order valence-corrected chi connectivity index (χ4v) is 2.30.